The highest BCUT2D eigenvalue weighted by Gasteiger charge is 2.42. The van der Waals surface area contributed by atoms with Gasteiger partial charge in [-0.05, 0) is 24.5 Å². The standard InChI is InChI=1S/C6H9N5O2/c12-4(6(13)2-1-3-6)7-5-8-10-11-9-5/h13H,1-3H2,(H2,7,8,9,10,11,12). The van der Waals surface area contributed by atoms with Gasteiger partial charge in [0.05, 0.1) is 0 Å². The first-order valence-corrected chi connectivity index (χ1v) is 3.98. The average Bonchev–Trinajstić information content (AvgIpc) is 2.52. The first-order valence-electron chi connectivity index (χ1n) is 3.98. The van der Waals surface area contributed by atoms with Crippen LogP contribution in [-0.2, 0) is 4.79 Å². The Bertz CT molecular complexity index is 305. The quantitative estimate of drug-likeness (QED) is 0.548. The predicted molar refractivity (Wildman–Crippen MR) is 41.6 cm³/mol. The minimum atomic E-state index is -1.22. The summed E-state index contributed by atoms with van der Waals surface area (Å²) in [5, 5.41) is 24.5. The van der Waals surface area contributed by atoms with Crippen molar-refractivity contribution < 1.29 is 9.90 Å². The van der Waals surface area contributed by atoms with Crippen LogP contribution in [0.2, 0.25) is 0 Å². The van der Waals surface area contributed by atoms with Gasteiger partial charge in [-0.1, -0.05) is 5.10 Å². The van der Waals surface area contributed by atoms with Crippen molar-refractivity contribution in [2.24, 2.45) is 0 Å². The Morgan fingerprint density at radius 2 is 2.38 bits per heavy atom. The minimum absolute atomic E-state index is 0.0883. The van der Waals surface area contributed by atoms with Crippen molar-refractivity contribution in [3.05, 3.63) is 0 Å². The zero-order chi connectivity index (χ0) is 9.31. The highest BCUT2D eigenvalue weighted by atomic mass is 16.3. The number of tetrazole rings is 1. The third kappa shape index (κ3) is 1.37. The van der Waals surface area contributed by atoms with E-state index in [1.807, 2.05) is 0 Å². The molecule has 70 valence electrons. The van der Waals surface area contributed by atoms with Crippen LogP contribution >= 0.6 is 0 Å². The Morgan fingerprint density at radius 3 is 2.85 bits per heavy atom. The summed E-state index contributed by atoms with van der Waals surface area (Å²) in [7, 11) is 0. The molecule has 0 bridgehead atoms. The zero-order valence-electron chi connectivity index (χ0n) is 6.82. The molecule has 1 aliphatic carbocycles. The topological polar surface area (TPSA) is 104 Å². The summed E-state index contributed by atoms with van der Waals surface area (Å²) in [6, 6.07) is 0. The molecule has 0 aromatic carbocycles. The van der Waals surface area contributed by atoms with Gasteiger partial charge in [-0.2, -0.15) is 5.21 Å². The van der Waals surface area contributed by atoms with Crippen molar-refractivity contribution in [1.29, 1.82) is 0 Å². The summed E-state index contributed by atoms with van der Waals surface area (Å²) in [6.07, 6.45) is 1.86. The van der Waals surface area contributed by atoms with E-state index in [0.29, 0.717) is 12.8 Å². The lowest BCUT2D eigenvalue weighted by molar-refractivity contribution is -0.142. The van der Waals surface area contributed by atoms with Crippen LogP contribution in [0.15, 0.2) is 0 Å². The molecule has 1 heterocycles. The maximum Gasteiger partial charge on any atom is 0.269 e. The first kappa shape index (κ1) is 8.11. The van der Waals surface area contributed by atoms with Crippen LogP contribution in [0.1, 0.15) is 19.3 Å². The van der Waals surface area contributed by atoms with E-state index in [1.54, 1.807) is 0 Å². The van der Waals surface area contributed by atoms with E-state index in [0.717, 1.165) is 6.42 Å². The number of rotatable bonds is 2. The number of anilines is 1. The number of nitrogens with zero attached hydrogens (tertiary/aromatic N) is 3. The highest BCUT2D eigenvalue weighted by Crippen LogP contribution is 2.32. The van der Waals surface area contributed by atoms with Crippen molar-refractivity contribution in [2.45, 2.75) is 24.9 Å². The van der Waals surface area contributed by atoms with Gasteiger partial charge in [0.25, 0.3) is 11.9 Å². The maximum absolute atomic E-state index is 11.3. The Morgan fingerprint density at radius 1 is 1.62 bits per heavy atom. The van der Waals surface area contributed by atoms with Crippen molar-refractivity contribution in [2.75, 3.05) is 5.32 Å². The van der Waals surface area contributed by atoms with Crippen LogP contribution in [0.3, 0.4) is 0 Å². The second-order valence-electron chi connectivity index (χ2n) is 3.07. The fraction of sp³-hybridized carbons (Fsp3) is 0.667. The molecule has 0 saturated heterocycles. The summed E-state index contributed by atoms with van der Waals surface area (Å²) >= 11 is 0. The summed E-state index contributed by atoms with van der Waals surface area (Å²) in [6.45, 7) is 0. The number of amides is 1. The minimum Gasteiger partial charge on any atom is -0.380 e. The number of aromatic amines is 1. The van der Waals surface area contributed by atoms with Crippen LogP contribution in [0.5, 0.6) is 0 Å². The number of hydrogen-bond donors (Lipinski definition) is 3. The molecule has 1 aromatic heterocycles. The molecule has 1 fully saturated rings. The monoisotopic (exact) mass is 183 g/mol. The lowest BCUT2D eigenvalue weighted by atomic mass is 9.79. The normalized spacial score (nSPS) is 19.2. The second-order valence-corrected chi connectivity index (χ2v) is 3.07. The molecule has 13 heavy (non-hydrogen) atoms. The fourth-order valence-electron chi connectivity index (χ4n) is 1.17. The lowest BCUT2D eigenvalue weighted by Gasteiger charge is -2.34. The van der Waals surface area contributed by atoms with E-state index >= 15 is 0 Å². The van der Waals surface area contributed by atoms with Crippen LogP contribution in [0.4, 0.5) is 5.95 Å². The predicted octanol–water partition coefficient (Wildman–Crippen LogP) is -0.947. The summed E-state index contributed by atoms with van der Waals surface area (Å²) in [5.74, 6) is -0.370. The molecule has 0 atom stereocenters. The van der Waals surface area contributed by atoms with Gasteiger partial charge in [0.2, 0.25) is 0 Å². The van der Waals surface area contributed by atoms with Crippen molar-refractivity contribution >= 4 is 11.9 Å². The van der Waals surface area contributed by atoms with Gasteiger partial charge >= 0.3 is 0 Å². The van der Waals surface area contributed by atoms with Crippen LogP contribution in [0, 0.1) is 0 Å². The average molecular weight is 183 g/mol. The summed E-state index contributed by atoms with van der Waals surface area (Å²) < 4.78 is 0. The van der Waals surface area contributed by atoms with E-state index in [4.69, 9.17) is 0 Å². The molecule has 1 amide bonds. The fourth-order valence-corrected chi connectivity index (χ4v) is 1.17. The number of carbonyl (C=O) groups excluding carboxylic acids is 1. The maximum atomic E-state index is 11.3. The summed E-state index contributed by atoms with van der Waals surface area (Å²) in [4.78, 5) is 11.3. The Balaban J connectivity index is 1.99. The van der Waals surface area contributed by atoms with Gasteiger partial charge in [-0.25, -0.2) is 0 Å². The van der Waals surface area contributed by atoms with E-state index in [-0.39, 0.29) is 5.95 Å². The first-order chi connectivity index (χ1) is 6.21. The molecule has 1 aromatic rings. The molecule has 0 unspecified atom stereocenters. The van der Waals surface area contributed by atoms with E-state index < -0.39 is 11.5 Å². The Hall–Kier alpha value is -1.50. The van der Waals surface area contributed by atoms with E-state index in [2.05, 4.69) is 25.9 Å². The molecule has 3 N–H and O–H groups in total. The molecular weight excluding hydrogens is 174 g/mol. The van der Waals surface area contributed by atoms with Crippen LogP contribution < -0.4 is 5.32 Å². The molecule has 1 aliphatic rings. The van der Waals surface area contributed by atoms with Gasteiger partial charge in [0.15, 0.2) is 0 Å². The van der Waals surface area contributed by atoms with Crippen molar-refractivity contribution in [3.63, 3.8) is 0 Å². The third-order valence-corrected chi connectivity index (χ3v) is 2.17. The smallest absolute Gasteiger partial charge is 0.269 e. The molecule has 7 nitrogen and oxygen atoms in total. The molecule has 0 spiro atoms. The van der Waals surface area contributed by atoms with Gasteiger partial charge in [-0.3, -0.25) is 10.1 Å². The molecule has 2 rings (SSSR count). The number of H-pyrrole nitrogens is 1. The molecular formula is C6H9N5O2. The lowest BCUT2D eigenvalue weighted by Crippen LogP contribution is -2.48. The summed E-state index contributed by atoms with van der Waals surface area (Å²) in [5.41, 5.74) is -1.22. The van der Waals surface area contributed by atoms with Crippen molar-refractivity contribution in [3.8, 4) is 0 Å². The zero-order valence-corrected chi connectivity index (χ0v) is 6.82. The Labute approximate surface area is 73.5 Å². The van der Waals surface area contributed by atoms with Gasteiger partial charge in [-0.15, -0.1) is 5.10 Å². The number of carbonyl (C=O) groups is 1. The molecule has 1 saturated carbocycles. The van der Waals surface area contributed by atoms with E-state index in [9.17, 15) is 9.90 Å². The van der Waals surface area contributed by atoms with Gasteiger partial charge < -0.3 is 5.11 Å². The second kappa shape index (κ2) is 2.77. The third-order valence-electron chi connectivity index (χ3n) is 2.17. The highest BCUT2D eigenvalue weighted by molar-refractivity contribution is 5.96. The van der Waals surface area contributed by atoms with Crippen LogP contribution in [-0.4, -0.2) is 37.2 Å². The van der Waals surface area contributed by atoms with Gasteiger partial charge in [0.1, 0.15) is 5.60 Å². The number of aliphatic hydroxyl groups is 1. The Kier molecular flexibility index (Phi) is 1.73. The largest absolute Gasteiger partial charge is 0.380 e. The molecule has 0 aliphatic heterocycles. The molecule has 7 heteroatoms. The number of aromatic nitrogens is 4. The van der Waals surface area contributed by atoms with Crippen LogP contribution in [0.25, 0.3) is 0 Å². The SMILES string of the molecule is O=C(Nc1nn[nH]n1)C1(O)CCC1. The van der Waals surface area contributed by atoms with Gasteiger partial charge in [0, 0.05) is 0 Å². The number of hydrogen-bond acceptors (Lipinski definition) is 5. The van der Waals surface area contributed by atoms with Crippen molar-refractivity contribution in [1.82, 2.24) is 20.6 Å². The number of nitrogens with one attached hydrogen (secondary N) is 2. The van der Waals surface area contributed by atoms with E-state index in [1.165, 1.54) is 0 Å². The molecule has 0 radical (unpaired) electrons.